The molecule has 0 saturated carbocycles. The molecule has 1 saturated heterocycles. The molecule has 1 amide bonds. The van der Waals surface area contributed by atoms with Gasteiger partial charge in [0.05, 0.1) is 12.2 Å². The Morgan fingerprint density at radius 1 is 0.971 bits per heavy atom. The van der Waals surface area contributed by atoms with Gasteiger partial charge in [-0.25, -0.2) is 0 Å². The van der Waals surface area contributed by atoms with Crippen LogP contribution in [0.5, 0.6) is 0 Å². The fourth-order valence-electron chi connectivity index (χ4n) is 4.81. The lowest BCUT2D eigenvalue weighted by molar-refractivity contribution is -0.194. The van der Waals surface area contributed by atoms with Crippen LogP contribution in [0.3, 0.4) is 0 Å². The Labute approximate surface area is 215 Å². The van der Waals surface area contributed by atoms with Crippen LogP contribution in [-0.2, 0) is 20.8 Å². The maximum atomic E-state index is 13.2. The molecule has 1 aliphatic heterocycles. The number of aromatic nitrogens is 1. The lowest BCUT2D eigenvalue weighted by Gasteiger charge is -2.29. The van der Waals surface area contributed by atoms with E-state index in [1.54, 1.807) is 6.20 Å². The summed E-state index contributed by atoms with van der Waals surface area (Å²) in [5.74, 6) is 0.0412. The Bertz CT molecular complexity index is 634. The fourth-order valence-corrected chi connectivity index (χ4v) is 4.81. The number of amides is 1. The van der Waals surface area contributed by atoms with Crippen molar-refractivity contribution in [2.75, 3.05) is 13.2 Å². The van der Waals surface area contributed by atoms with Crippen molar-refractivity contribution in [2.45, 2.75) is 142 Å². The van der Waals surface area contributed by atoms with E-state index in [-0.39, 0.29) is 12.2 Å². The highest BCUT2D eigenvalue weighted by Gasteiger charge is 2.26. The minimum absolute atomic E-state index is 0.0412. The van der Waals surface area contributed by atoms with Gasteiger partial charge in [0.2, 0.25) is 0 Å². The Balaban J connectivity index is 1.61. The van der Waals surface area contributed by atoms with Gasteiger partial charge in [-0.2, -0.15) is 0 Å². The molecule has 0 spiro atoms. The first-order chi connectivity index (χ1) is 17.2. The summed E-state index contributed by atoms with van der Waals surface area (Å²) < 4.78 is 11.6. The summed E-state index contributed by atoms with van der Waals surface area (Å²) in [6, 6.07) is 5.88. The van der Waals surface area contributed by atoms with Crippen LogP contribution in [0.2, 0.25) is 0 Å². The van der Waals surface area contributed by atoms with Crippen molar-refractivity contribution in [3.63, 3.8) is 0 Å². The number of hydrogen-bond donors (Lipinski definition) is 0. The van der Waals surface area contributed by atoms with Gasteiger partial charge < -0.3 is 14.4 Å². The zero-order chi connectivity index (χ0) is 25.0. The van der Waals surface area contributed by atoms with Crippen molar-refractivity contribution < 1.29 is 14.3 Å². The summed E-state index contributed by atoms with van der Waals surface area (Å²) in [7, 11) is 0. The first kappa shape index (κ1) is 29.8. The smallest absolute Gasteiger partial charge is 0.251 e. The summed E-state index contributed by atoms with van der Waals surface area (Å²) in [5, 5.41) is 0. The van der Waals surface area contributed by atoms with Crippen molar-refractivity contribution in [3.8, 4) is 0 Å². The number of nitrogens with zero attached hydrogens (tertiary/aromatic N) is 2. The molecule has 0 radical (unpaired) electrons. The van der Waals surface area contributed by atoms with Crippen molar-refractivity contribution in [2.24, 2.45) is 0 Å². The van der Waals surface area contributed by atoms with Gasteiger partial charge in [0.25, 0.3) is 5.91 Å². The fraction of sp³-hybridized carbons (Fsp3) is 0.800. The van der Waals surface area contributed by atoms with Crippen LogP contribution < -0.4 is 0 Å². The van der Waals surface area contributed by atoms with Crippen LogP contribution in [0, 0.1) is 0 Å². The summed E-state index contributed by atoms with van der Waals surface area (Å²) in [6.07, 6.45) is 22.8. The second kappa shape index (κ2) is 19.7. The van der Waals surface area contributed by atoms with Gasteiger partial charge in [0, 0.05) is 19.3 Å². The maximum absolute atomic E-state index is 13.2. The topological polar surface area (TPSA) is 51.7 Å². The summed E-state index contributed by atoms with van der Waals surface area (Å²) in [5.41, 5.74) is 0.923. The second-order valence-electron chi connectivity index (χ2n) is 10.3. The van der Waals surface area contributed by atoms with Gasteiger partial charge in [-0.05, 0) is 44.7 Å². The van der Waals surface area contributed by atoms with E-state index in [2.05, 4.69) is 11.9 Å². The predicted molar refractivity (Wildman–Crippen MR) is 144 cm³/mol. The summed E-state index contributed by atoms with van der Waals surface area (Å²) >= 11 is 0. The normalized spacial score (nSPS) is 16.8. The molecule has 1 fully saturated rings. The van der Waals surface area contributed by atoms with E-state index in [1.807, 2.05) is 30.0 Å². The van der Waals surface area contributed by atoms with E-state index in [0.717, 1.165) is 44.5 Å². The van der Waals surface area contributed by atoms with E-state index < -0.39 is 6.10 Å². The molecule has 2 rings (SSSR count). The Hall–Kier alpha value is -1.46. The van der Waals surface area contributed by atoms with Gasteiger partial charge in [-0.1, -0.05) is 96.5 Å². The second-order valence-corrected chi connectivity index (χ2v) is 10.3. The van der Waals surface area contributed by atoms with E-state index in [0.29, 0.717) is 6.54 Å². The molecule has 0 N–H and O–H groups in total. The largest absolute Gasteiger partial charge is 0.353 e. The molecule has 35 heavy (non-hydrogen) atoms. The van der Waals surface area contributed by atoms with Crippen LogP contribution >= 0.6 is 0 Å². The number of carbonyl (C=O) groups excluding carboxylic acids is 1. The standard InChI is InChI=1S/C30H52N2O3/c1-3-4-5-6-7-8-9-10-11-12-13-14-15-19-24-32(26-28-21-16-18-23-31-28)30(33)27(2)35-29-22-17-20-25-34-29/h16,18,21,23,27,29H,3-15,17,19-20,22,24-26H2,1-2H3/t27-,29?/m0/s1. The summed E-state index contributed by atoms with van der Waals surface area (Å²) in [6.45, 7) is 6.16. The number of ether oxygens (including phenoxy) is 2. The van der Waals surface area contributed by atoms with Gasteiger partial charge in [-0.15, -0.1) is 0 Å². The highest BCUT2D eigenvalue weighted by atomic mass is 16.7. The lowest BCUT2D eigenvalue weighted by Crippen LogP contribution is -2.41. The van der Waals surface area contributed by atoms with Crippen molar-refractivity contribution >= 4 is 5.91 Å². The van der Waals surface area contributed by atoms with Crippen LogP contribution in [-0.4, -0.2) is 41.3 Å². The van der Waals surface area contributed by atoms with Crippen LogP contribution in [0.4, 0.5) is 0 Å². The third-order valence-electron chi connectivity index (χ3n) is 7.01. The Morgan fingerprint density at radius 2 is 1.60 bits per heavy atom. The molecule has 2 heterocycles. The summed E-state index contributed by atoms with van der Waals surface area (Å²) in [4.78, 5) is 19.6. The quantitative estimate of drug-likeness (QED) is 0.176. The maximum Gasteiger partial charge on any atom is 0.251 e. The molecule has 2 atom stereocenters. The zero-order valence-corrected chi connectivity index (χ0v) is 22.7. The molecule has 1 aromatic heterocycles. The van der Waals surface area contributed by atoms with E-state index in [9.17, 15) is 4.79 Å². The van der Waals surface area contributed by atoms with E-state index in [4.69, 9.17) is 9.47 Å². The number of rotatable bonds is 20. The number of unbranched alkanes of at least 4 members (excludes halogenated alkanes) is 13. The van der Waals surface area contributed by atoms with Crippen LogP contribution in [0.25, 0.3) is 0 Å². The van der Waals surface area contributed by atoms with Gasteiger partial charge in [0.1, 0.15) is 6.10 Å². The molecule has 0 bridgehead atoms. The van der Waals surface area contributed by atoms with Gasteiger partial charge in [-0.3, -0.25) is 9.78 Å². The van der Waals surface area contributed by atoms with Crippen molar-refractivity contribution in [1.29, 1.82) is 0 Å². The molecule has 1 aliphatic rings. The highest BCUT2D eigenvalue weighted by molar-refractivity contribution is 5.80. The van der Waals surface area contributed by atoms with Crippen LogP contribution in [0.15, 0.2) is 24.4 Å². The van der Waals surface area contributed by atoms with E-state index in [1.165, 1.54) is 83.5 Å². The first-order valence-electron chi connectivity index (χ1n) is 14.7. The molecular formula is C30H52N2O3. The number of hydrogen-bond acceptors (Lipinski definition) is 4. The van der Waals surface area contributed by atoms with Gasteiger partial charge >= 0.3 is 0 Å². The predicted octanol–water partition coefficient (Wildman–Crippen LogP) is 7.82. The number of carbonyl (C=O) groups is 1. The molecule has 5 heteroatoms. The molecule has 5 nitrogen and oxygen atoms in total. The zero-order valence-electron chi connectivity index (χ0n) is 22.7. The minimum Gasteiger partial charge on any atom is -0.353 e. The average molecular weight is 489 g/mol. The first-order valence-corrected chi connectivity index (χ1v) is 14.7. The molecule has 0 aliphatic carbocycles. The molecular weight excluding hydrogens is 436 g/mol. The monoisotopic (exact) mass is 488 g/mol. The van der Waals surface area contributed by atoms with E-state index >= 15 is 0 Å². The third-order valence-corrected chi connectivity index (χ3v) is 7.01. The molecule has 1 unspecified atom stereocenters. The third kappa shape index (κ3) is 14.0. The highest BCUT2D eigenvalue weighted by Crippen LogP contribution is 2.18. The molecule has 1 aromatic rings. The molecule has 200 valence electrons. The molecule has 0 aromatic carbocycles. The average Bonchev–Trinajstić information content (AvgIpc) is 2.89. The van der Waals surface area contributed by atoms with Crippen molar-refractivity contribution in [3.05, 3.63) is 30.1 Å². The Kier molecular flexibility index (Phi) is 16.8. The minimum atomic E-state index is -0.492. The van der Waals surface area contributed by atoms with Crippen LogP contribution in [0.1, 0.15) is 129 Å². The van der Waals surface area contributed by atoms with Crippen molar-refractivity contribution in [1.82, 2.24) is 9.88 Å². The van der Waals surface area contributed by atoms with Gasteiger partial charge in [0.15, 0.2) is 6.29 Å². The lowest BCUT2D eigenvalue weighted by atomic mass is 10.0. The SMILES string of the molecule is CCCCCCCCCCCCCCCCN(Cc1ccccn1)C(=O)[C@H](C)OC1CCCCO1. The Morgan fingerprint density at radius 3 is 2.14 bits per heavy atom. The number of pyridine rings is 1.